The van der Waals surface area contributed by atoms with E-state index in [2.05, 4.69) is 0 Å². The third kappa shape index (κ3) is 2.56. The summed E-state index contributed by atoms with van der Waals surface area (Å²) >= 11 is 0. The second-order valence-electron chi connectivity index (χ2n) is 6.93. The summed E-state index contributed by atoms with van der Waals surface area (Å²) in [6.45, 7) is 0. The van der Waals surface area contributed by atoms with Crippen molar-refractivity contribution in [3.63, 3.8) is 0 Å². The Morgan fingerprint density at radius 3 is 2.13 bits per heavy atom. The molecule has 2 aromatic heterocycles. The molecule has 31 heavy (non-hydrogen) atoms. The first-order chi connectivity index (χ1) is 14.7. The quantitative estimate of drug-likeness (QED) is 0.209. The Kier molecular flexibility index (Phi) is 4.04. The van der Waals surface area contributed by atoms with Crippen LogP contribution in [0.15, 0.2) is 30.6 Å². The lowest BCUT2D eigenvalue weighted by Crippen LogP contribution is -2.34. The lowest BCUT2D eigenvalue weighted by molar-refractivity contribution is -0.171. The monoisotopic (exact) mass is 434 g/mol. The molecule has 0 unspecified atom stereocenters. The molecule has 1 saturated heterocycles. The van der Waals surface area contributed by atoms with Gasteiger partial charge in [-0.05, 0) is 12.1 Å². The molecule has 0 spiro atoms. The van der Waals surface area contributed by atoms with Gasteiger partial charge in [-0.2, -0.15) is 0 Å². The summed E-state index contributed by atoms with van der Waals surface area (Å²) in [4.78, 5) is 25.2. The van der Waals surface area contributed by atoms with E-state index in [9.17, 15) is 35.1 Å². The van der Waals surface area contributed by atoms with Gasteiger partial charge in [0.2, 0.25) is 17.8 Å². The van der Waals surface area contributed by atoms with Crippen molar-refractivity contribution in [3.05, 3.63) is 33.0 Å². The highest BCUT2D eigenvalue weighted by Crippen LogP contribution is 2.45. The summed E-state index contributed by atoms with van der Waals surface area (Å²) in [6.07, 6.45) is -6.67. The van der Waals surface area contributed by atoms with Crippen LogP contribution in [0.3, 0.4) is 0 Å². The van der Waals surface area contributed by atoms with Gasteiger partial charge >= 0.3 is 11.3 Å². The Morgan fingerprint density at radius 1 is 0.903 bits per heavy atom. The van der Waals surface area contributed by atoms with Gasteiger partial charge in [0, 0.05) is 10.8 Å². The van der Waals surface area contributed by atoms with Gasteiger partial charge in [0.05, 0.1) is 17.9 Å². The second-order valence-corrected chi connectivity index (χ2v) is 6.93. The van der Waals surface area contributed by atoms with Crippen LogP contribution in [0, 0.1) is 0 Å². The highest BCUT2D eigenvalue weighted by molar-refractivity contribution is 6.22. The van der Waals surface area contributed by atoms with Crippen molar-refractivity contribution in [2.24, 2.45) is 0 Å². The fourth-order valence-electron chi connectivity index (χ4n) is 3.70. The summed E-state index contributed by atoms with van der Waals surface area (Å²) in [5.41, 5.74) is -2.54. The fourth-order valence-corrected chi connectivity index (χ4v) is 3.70. The molecule has 12 heteroatoms. The molecule has 1 aliphatic heterocycles. The molecule has 0 amide bonds. The van der Waals surface area contributed by atoms with E-state index >= 15 is 0 Å². The Balaban J connectivity index is 1.83. The molecule has 3 heterocycles. The summed E-state index contributed by atoms with van der Waals surface area (Å²) in [5, 5.41) is 49.6. The van der Waals surface area contributed by atoms with Crippen LogP contribution in [0.5, 0.6) is 23.0 Å². The minimum absolute atomic E-state index is 0.0111. The molecule has 2 aromatic carbocycles. The Morgan fingerprint density at radius 2 is 1.52 bits per heavy atom. The fraction of sp³-hybridized carbons (Fsp3) is 0.263. The van der Waals surface area contributed by atoms with Crippen LogP contribution in [0.1, 0.15) is 0 Å². The van der Waals surface area contributed by atoms with Gasteiger partial charge < -0.3 is 48.6 Å². The Hall–Kier alpha value is -3.58. The van der Waals surface area contributed by atoms with Gasteiger partial charge in [-0.3, -0.25) is 0 Å². The topological polar surface area (TPSA) is 189 Å². The summed E-state index contributed by atoms with van der Waals surface area (Å²) in [7, 11) is 1.23. The SMILES string of the molecule is COc1c(O)cc2c(=O)oc3c(O)c(O[C@@H]4O[C@@H](O)[C@H](O)[C@H]4O)cc4c(=O)oc1c2c34. The van der Waals surface area contributed by atoms with Crippen molar-refractivity contribution >= 4 is 32.7 Å². The van der Waals surface area contributed by atoms with Gasteiger partial charge in [-0.15, -0.1) is 0 Å². The number of hydrogen-bond donors (Lipinski definition) is 5. The standard InChI is InChI=1S/C19H14O12/c1-27-13-6(20)2-4-9-8-5(17(25)30-15(9)13)3-7(10(21)14(8)29-16(4)24)28-19-12(23)11(22)18(26)31-19/h2-3,11-12,18-23,26H,1H3/t11-,12-,18-,19-/m1/s1. The van der Waals surface area contributed by atoms with Crippen molar-refractivity contribution in [3.8, 4) is 23.0 Å². The Bertz CT molecular complexity index is 1450. The first-order valence-electron chi connectivity index (χ1n) is 8.87. The molecule has 0 aliphatic carbocycles. The van der Waals surface area contributed by atoms with Crippen LogP contribution < -0.4 is 20.7 Å². The van der Waals surface area contributed by atoms with Gasteiger partial charge in [0.1, 0.15) is 12.2 Å². The van der Waals surface area contributed by atoms with Crippen LogP contribution in [-0.2, 0) is 4.74 Å². The molecular weight excluding hydrogens is 420 g/mol. The van der Waals surface area contributed by atoms with E-state index in [1.165, 1.54) is 7.11 Å². The van der Waals surface area contributed by atoms with Crippen molar-refractivity contribution in [1.29, 1.82) is 0 Å². The zero-order valence-electron chi connectivity index (χ0n) is 15.6. The van der Waals surface area contributed by atoms with E-state index in [0.717, 1.165) is 12.1 Å². The number of aromatic hydroxyl groups is 2. The smallest absolute Gasteiger partial charge is 0.344 e. The van der Waals surface area contributed by atoms with Crippen molar-refractivity contribution < 1.29 is 48.6 Å². The predicted octanol–water partition coefficient (Wildman–Crippen LogP) is -0.315. The van der Waals surface area contributed by atoms with E-state index in [1.54, 1.807) is 0 Å². The maximum absolute atomic E-state index is 12.7. The minimum atomic E-state index is -1.74. The normalized spacial score (nSPS) is 23.9. The lowest BCUT2D eigenvalue weighted by atomic mass is 10.0. The molecule has 0 radical (unpaired) electrons. The molecule has 1 aliphatic rings. The van der Waals surface area contributed by atoms with Crippen LogP contribution in [0.4, 0.5) is 0 Å². The third-order valence-corrected chi connectivity index (χ3v) is 5.16. The van der Waals surface area contributed by atoms with Crippen LogP contribution in [0.2, 0.25) is 0 Å². The highest BCUT2D eigenvalue weighted by Gasteiger charge is 2.44. The number of phenolic OH excluding ortho intramolecular Hbond substituents is 2. The van der Waals surface area contributed by atoms with E-state index < -0.39 is 58.9 Å². The molecule has 5 N–H and O–H groups in total. The average Bonchev–Trinajstić information content (AvgIpc) is 2.96. The van der Waals surface area contributed by atoms with Crippen LogP contribution >= 0.6 is 0 Å². The number of hydrogen-bond acceptors (Lipinski definition) is 12. The maximum Gasteiger partial charge on any atom is 0.344 e. The largest absolute Gasteiger partial charge is 0.504 e. The molecule has 4 aromatic rings. The number of benzene rings is 2. The van der Waals surface area contributed by atoms with E-state index in [1.807, 2.05) is 0 Å². The number of aliphatic hydroxyl groups is 3. The average molecular weight is 434 g/mol. The molecule has 12 nitrogen and oxygen atoms in total. The van der Waals surface area contributed by atoms with Gasteiger partial charge in [-0.25, -0.2) is 9.59 Å². The Labute approximate surface area is 170 Å². The summed E-state index contributed by atoms with van der Waals surface area (Å²) in [5.74, 6) is -1.80. The zero-order valence-corrected chi connectivity index (χ0v) is 15.6. The van der Waals surface area contributed by atoms with Crippen molar-refractivity contribution in [2.75, 3.05) is 7.11 Å². The van der Waals surface area contributed by atoms with Crippen LogP contribution in [-0.4, -0.2) is 57.4 Å². The molecule has 0 bridgehead atoms. The molecule has 0 saturated carbocycles. The lowest BCUT2D eigenvalue weighted by Gasteiger charge is -2.18. The van der Waals surface area contributed by atoms with Gasteiger partial charge in [0.25, 0.3) is 0 Å². The van der Waals surface area contributed by atoms with E-state index in [4.69, 9.17) is 23.0 Å². The van der Waals surface area contributed by atoms with Crippen LogP contribution in [0.25, 0.3) is 32.7 Å². The molecule has 162 valence electrons. The third-order valence-electron chi connectivity index (χ3n) is 5.16. The second kappa shape index (κ2) is 6.46. The molecular formula is C19H14O12. The zero-order chi connectivity index (χ0) is 22.2. The van der Waals surface area contributed by atoms with E-state index in [-0.39, 0.29) is 32.9 Å². The highest BCUT2D eigenvalue weighted by atomic mass is 16.8. The number of ether oxygens (including phenoxy) is 3. The first-order valence-corrected chi connectivity index (χ1v) is 8.87. The van der Waals surface area contributed by atoms with E-state index in [0.29, 0.717) is 0 Å². The number of phenols is 2. The summed E-state index contributed by atoms with van der Waals surface area (Å²) in [6, 6.07) is 2.15. The van der Waals surface area contributed by atoms with Crippen molar-refractivity contribution in [2.45, 2.75) is 24.8 Å². The van der Waals surface area contributed by atoms with Crippen molar-refractivity contribution in [1.82, 2.24) is 0 Å². The maximum atomic E-state index is 12.7. The van der Waals surface area contributed by atoms with Gasteiger partial charge in [0.15, 0.2) is 29.0 Å². The number of aliphatic hydroxyl groups excluding tert-OH is 3. The molecule has 1 fully saturated rings. The predicted molar refractivity (Wildman–Crippen MR) is 101 cm³/mol. The number of rotatable bonds is 3. The summed E-state index contributed by atoms with van der Waals surface area (Å²) < 4.78 is 25.7. The molecule has 5 rings (SSSR count). The number of methoxy groups -OCH3 is 1. The van der Waals surface area contributed by atoms with Gasteiger partial charge in [-0.1, -0.05) is 0 Å². The minimum Gasteiger partial charge on any atom is -0.504 e. The first kappa shape index (κ1) is 19.4. The molecule has 4 atom stereocenters.